The number of hydrogen-bond donors (Lipinski definition) is 1. The van der Waals surface area contributed by atoms with E-state index in [2.05, 4.69) is 57.3 Å². The number of thiophene rings is 1. The van der Waals surface area contributed by atoms with E-state index < -0.39 is 14.5 Å². The standard InChI is InChI=1S/C36H42FN3O2SSi/c1-27(22-33-39-34-32(20-21-43-34)35(41)40(33)25-28-14-8-5-9-15-28)23-38-24-29(37)26-42-44(36(2,3)4,30-16-10-6-11-17-30)31-18-12-7-13-19-31/h5-21,27,29,38H,22-26H2,1-4H3. The predicted molar refractivity (Wildman–Crippen MR) is 184 cm³/mol. The highest BCUT2D eigenvalue weighted by atomic mass is 32.1. The van der Waals surface area contributed by atoms with Gasteiger partial charge in [-0.25, -0.2) is 9.37 Å². The van der Waals surface area contributed by atoms with Crippen molar-refractivity contribution in [2.45, 2.75) is 51.9 Å². The molecule has 2 unspecified atom stereocenters. The summed E-state index contributed by atoms with van der Waals surface area (Å²) >= 11 is 1.48. The minimum absolute atomic E-state index is 0.0143. The third-order valence-corrected chi connectivity index (χ3v) is 13.9. The van der Waals surface area contributed by atoms with Gasteiger partial charge in [-0.1, -0.05) is 119 Å². The summed E-state index contributed by atoms with van der Waals surface area (Å²) in [6, 6.07) is 32.5. The van der Waals surface area contributed by atoms with E-state index in [1.165, 1.54) is 11.3 Å². The Morgan fingerprint density at radius 2 is 1.50 bits per heavy atom. The molecule has 0 fully saturated rings. The fraction of sp³-hybridized carbons (Fsp3) is 0.333. The molecule has 8 heteroatoms. The van der Waals surface area contributed by atoms with Crippen LogP contribution in [0, 0.1) is 5.92 Å². The normalized spacial score (nSPS) is 13.7. The molecule has 0 bridgehead atoms. The van der Waals surface area contributed by atoms with Crippen molar-refractivity contribution in [3.8, 4) is 0 Å². The van der Waals surface area contributed by atoms with Crippen LogP contribution in [0.4, 0.5) is 4.39 Å². The van der Waals surface area contributed by atoms with Crippen LogP contribution in [-0.4, -0.2) is 43.7 Å². The number of hydrogen-bond acceptors (Lipinski definition) is 5. The first-order chi connectivity index (χ1) is 21.2. The SMILES string of the molecule is CC(CNCC(F)CO[Si](c1ccccc1)(c1ccccc1)C(C)(C)C)Cc1nc2sccc2c(=O)n1Cc1ccccc1. The Hall–Kier alpha value is -3.43. The molecule has 0 spiro atoms. The fourth-order valence-electron chi connectivity index (χ4n) is 5.98. The Labute approximate surface area is 264 Å². The minimum Gasteiger partial charge on any atom is -0.404 e. The molecule has 230 valence electrons. The zero-order valence-electron chi connectivity index (χ0n) is 26.0. The number of fused-ring (bicyclic) bond motifs is 1. The Morgan fingerprint density at radius 3 is 2.09 bits per heavy atom. The first-order valence-electron chi connectivity index (χ1n) is 15.3. The lowest BCUT2D eigenvalue weighted by molar-refractivity contribution is 0.182. The quantitative estimate of drug-likeness (QED) is 0.158. The minimum atomic E-state index is -2.79. The van der Waals surface area contributed by atoms with Gasteiger partial charge in [0.15, 0.2) is 0 Å². The summed E-state index contributed by atoms with van der Waals surface area (Å²) in [6.07, 6.45) is -0.556. The van der Waals surface area contributed by atoms with Gasteiger partial charge in [0.05, 0.1) is 18.5 Å². The Balaban J connectivity index is 1.24. The van der Waals surface area contributed by atoms with Crippen LogP contribution >= 0.6 is 11.3 Å². The average molecular weight is 628 g/mol. The van der Waals surface area contributed by atoms with Crippen molar-refractivity contribution >= 4 is 40.2 Å². The molecule has 2 atom stereocenters. The van der Waals surface area contributed by atoms with Gasteiger partial charge >= 0.3 is 0 Å². The Morgan fingerprint density at radius 1 is 0.909 bits per heavy atom. The maximum absolute atomic E-state index is 15.5. The van der Waals surface area contributed by atoms with E-state index in [0.29, 0.717) is 24.9 Å². The summed E-state index contributed by atoms with van der Waals surface area (Å²) in [5.74, 6) is 0.904. The van der Waals surface area contributed by atoms with E-state index in [4.69, 9.17) is 9.41 Å². The summed E-state index contributed by atoms with van der Waals surface area (Å²) in [5.41, 5.74) is 1.04. The van der Waals surface area contributed by atoms with Crippen molar-refractivity contribution in [2.75, 3.05) is 19.7 Å². The highest BCUT2D eigenvalue weighted by molar-refractivity contribution is 7.16. The van der Waals surface area contributed by atoms with Gasteiger partial charge in [-0.05, 0) is 44.9 Å². The molecule has 2 aromatic heterocycles. The highest BCUT2D eigenvalue weighted by Gasteiger charge is 2.50. The molecule has 5 rings (SSSR count). The second-order valence-corrected chi connectivity index (χ2v) is 17.8. The molecule has 0 aliphatic carbocycles. The van der Waals surface area contributed by atoms with E-state index in [-0.39, 0.29) is 29.7 Å². The monoisotopic (exact) mass is 627 g/mol. The van der Waals surface area contributed by atoms with E-state index in [9.17, 15) is 4.79 Å². The summed E-state index contributed by atoms with van der Waals surface area (Å²) in [4.78, 5) is 19.0. The molecule has 0 aliphatic heterocycles. The molecule has 5 aromatic rings. The Kier molecular flexibility index (Phi) is 10.3. The molecule has 0 saturated heterocycles. The van der Waals surface area contributed by atoms with Crippen molar-refractivity contribution in [3.05, 3.63) is 124 Å². The number of benzene rings is 3. The van der Waals surface area contributed by atoms with Crippen LogP contribution in [0.15, 0.2) is 107 Å². The molecule has 5 nitrogen and oxygen atoms in total. The van der Waals surface area contributed by atoms with E-state index in [1.54, 1.807) is 4.57 Å². The predicted octanol–water partition coefficient (Wildman–Crippen LogP) is 6.19. The van der Waals surface area contributed by atoms with Crippen molar-refractivity contribution in [1.82, 2.24) is 14.9 Å². The number of rotatable bonds is 13. The second-order valence-electron chi connectivity index (χ2n) is 12.6. The van der Waals surface area contributed by atoms with Crippen molar-refractivity contribution in [1.29, 1.82) is 0 Å². The van der Waals surface area contributed by atoms with Crippen LogP contribution in [0.5, 0.6) is 0 Å². The maximum Gasteiger partial charge on any atom is 0.262 e. The number of halogens is 1. The van der Waals surface area contributed by atoms with Gasteiger partial charge in [0, 0.05) is 13.0 Å². The number of aromatic nitrogens is 2. The molecule has 1 N–H and O–H groups in total. The lowest BCUT2D eigenvalue weighted by Gasteiger charge is -2.43. The first-order valence-corrected chi connectivity index (χ1v) is 18.1. The van der Waals surface area contributed by atoms with Gasteiger partial charge in [-0.2, -0.15) is 0 Å². The van der Waals surface area contributed by atoms with Crippen molar-refractivity contribution < 1.29 is 8.82 Å². The smallest absolute Gasteiger partial charge is 0.262 e. The molecule has 0 amide bonds. The molecule has 44 heavy (non-hydrogen) atoms. The van der Waals surface area contributed by atoms with Gasteiger partial charge in [0.2, 0.25) is 0 Å². The van der Waals surface area contributed by atoms with E-state index >= 15 is 4.39 Å². The molecular weight excluding hydrogens is 586 g/mol. The van der Waals surface area contributed by atoms with Crippen LogP contribution in [0.3, 0.4) is 0 Å². The topological polar surface area (TPSA) is 56.1 Å². The van der Waals surface area contributed by atoms with Crippen LogP contribution < -0.4 is 21.2 Å². The summed E-state index contributed by atoms with van der Waals surface area (Å²) in [6.45, 7) is 9.99. The van der Waals surface area contributed by atoms with Crippen LogP contribution in [0.25, 0.3) is 10.2 Å². The first kappa shape index (κ1) is 32.0. The molecule has 0 saturated carbocycles. The number of nitrogens with one attached hydrogen (secondary N) is 1. The average Bonchev–Trinajstić information content (AvgIpc) is 3.49. The third kappa shape index (κ3) is 7.10. The van der Waals surface area contributed by atoms with Gasteiger partial charge < -0.3 is 9.74 Å². The summed E-state index contributed by atoms with van der Waals surface area (Å²) < 4.78 is 24.1. The van der Waals surface area contributed by atoms with E-state index in [1.807, 2.05) is 78.2 Å². The zero-order valence-corrected chi connectivity index (χ0v) is 27.8. The number of alkyl halides is 1. The molecule has 0 radical (unpaired) electrons. The largest absolute Gasteiger partial charge is 0.404 e. The molecule has 3 aromatic carbocycles. The maximum atomic E-state index is 15.5. The van der Waals surface area contributed by atoms with E-state index in [0.717, 1.165) is 26.6 Å². The lowest BCUT2D eigenvalue weighted by atomic mass is 10.1. The highest BCUT2D eigenvalue weighted by Crippen LogP contribution is 2.36. The van der Waals surface area contributed by atoms with Gasteiger partial charge in [-0.15, -0.1) is 11.3 Å². The van der Waals surface area contributed by atoms with Crippen LogP contribution in [-0.2, 0) is 17.4 Å². The fourth-order valence-corrected chi connectivity index (χ4v) is 11.3. The molecular formula is C36H42FN3O2SSi. The van der Waals surface area contributed by atoms with Crippen molar-refractivity contribution in [3.63, 3.8) is 0 Å². The summed E-state index contributed by atoms with van der Waals surface area (Å²) in [7, 11) is -2.79. The lowest BCUT2D eigenvalue weighted by Crippen LogP contribution is -2.67. The van der Waals surface area contributed by atoms with Crippen LogP contribution in [0.1, 0.15) is 39.1 Å². The van der Waals surface area contributed by atoms with Gasteiger partial charge in [0.25, 0.3) is 13.9 Å². The van der Waals surface area contributed by atoms with Gasteiger partial charge in [0.1, 0.15) is 16.8 Å². The summed E-state index contributed by atoms with van der Waals surface area (Å²) in [5, 5.41) is 7.97. The number of nitrogens with zero attached hydrogens (tertiary/aromatic N) is 2. The molecule has 2 heterocycles. The second kappa shape index (κ2) is 14.1. The van der Waals surface area contributed by atoms with Crippen LogP contribution in [0.2, 0.25) is 5.04 Å². The molecule has 0 aliphatic rings. The van der Waals surface area contributed by atoms with Gasteiger partial charge in [-0.3, -0.25) is 9.36 Å². The zero-order chi connectivity index (χ0) is 31.2. The third-order valence-electron chi connectivity index (χ3n) is 8.13. The van der Waals surface area contributed by atoms with Crippen molar-refractivity contribution in [2.24, 2.45) is 5.92 Å². The Bertz CT molecular complexity index is 1650.